The van der Waals surface area contributed by atoms with E-state index in [1.807, 2.05) is 6.07 Å². The van der Waals surface area contributed by atoms with Crippen molar-refractivity contribution < 1.29 is 9.84 Å². The van der Waals surface area contributed by atoms with Crippen LogP contribution in [-0.2, 0) is 6.61 Å². The van der Waals surface area contributed by atoms with Gasteiger partial charge in [-0.3, -0.25) is 0 Å². The number of hydrogen-bond donors (Lipinski definition) is 1. The number of aliphatic hydroxyl groups is 1. The van der Waals surface area contributed by atoms with Crippen molar-refractivity contribution in [1.82, 2.24) is 4.98 Å². The van der Waals surface area contributed by atoms with Crippen LogP contribution >= 0.6 is 0 Å². The zero-order chi connectivity index (χ0) is 9.80. The standard InChI is InChI=1S/C11H15NO2/c13-8-10-2-1-6-12-11(10)14-7-5-9-3-4-9/h1-2,6,9,13H,3-5,7-8H2. The normalized spacial score (nSPS) is 15.5. The molecule has 0 radical (unpaired) electrons. The van der Waals surface area contributed by atoms with Gasteiger partial charge < -0.3 is 9.84 Å². The molecule has 1 fully saturated rings. The van der Waals surface area contributed by atoms with E-state index in [9.17, 15) is 0 Å². The average molecular weight is 193 g/mol. The Kier molecular flexibility index (Phi) is 2.99. The molecule has 0 unspecified atom stereocenters. The van der Waals surface area contributed by atoms with E-state index < -0.39 is 0 Å². The second-order valence-electron chi connectivity index (χ2n) is 3.71. The van der Waals surface area contributed by atoms with Gasteiger partial charge in [0.25, 0.3) is 0 Å². The highest BCUT2D eigenvalue weighted by molar-refractivity contribution is 5.24. The molecule has 0 aromatic carbocycles. The fraction of sp³-hybridized carbons (Fsp3) is 0.545. The van der Waals surface area contributed by atoms with Crippen LogP contribution in [0.25, 0.3) is 0 Å². The maximum absolute atomic E-state index is 9.02. The van der Waals surface area contributed by atoms with Crippen LogP contribution in [-0.4, -0.2) is 16.7 Å². The molecule has 0 aliphatic heterocycles. The molecule has 76 valence electrons. The summed E-state index contributed by atoms with van der Waals surface area (Å²) in [6.45, 7) is 0.710. The first-order valence-electron chi connectivity index (χ1n) is 5.07. The molecule has 3 heteroatoms. The van der Waals surface area contributed by atoms with Gasteiger partial charge in [-0.15, -0.1) is 0 Å². The number of pyridine rings is 1. The minimum atomic E-state index is -0.00734. The summed E-state index contributed by atoms with van der Waals surface area (Å²) >= 11 is 0. The second-order valence-corrected chi connectivity index (χ2v) is 3.71. The van der Waals surface area contributed by atoms with Gasteiger partial charge in [-0.2, -0.15) is 0 Å². The zero-order valence-electron chi connectivity index (χ0n) is 8.15. The Hall–Kier alpha value is -1.09. The number of nitrogens with zero attached hydrogens (tertiary/aromatic N) is 1. The zero-order valence-corrected chi connectivity index (χ0v) is 8.15. The first-order valence-corrected chi connectivity index (χ1v) is 5.07. The smallest absolute Gasteiger partial charge is 0.218 e. The topological polar surface area (TPSA) is 42.4 Å². The van der Waals surface area contributed by atoms with Gasteiger partial charge >= 0.3 is 0 Å². The highest BCUT2D eigenvalue weighted by atomic mass is 16.5. The highest BCUT2D eigenvalue weighted by Gasteiger charge is 2.20. The van der Waals surface area contributed by atoms with Gasteiger partial charge in [0.1, 0.15) is 0 Å². The van der Waals surface area contributed by atoms with E-state index in [0.29, 0.717) is 12.5 Å². The molecule has 1 aromatic heterocycles. The maximum atomic E-state index is 9.02. The Bertz CT molecular complexity index is 297. The molecular weight excluding hydrogens is 178 g/mol. The van der Waals surface area contributed by atoms with Crippen molar-refractivity contribution in [2.24, 2.45) is 5.92 Å². The van der Waals surface area contributed by atoms with Crippen LogP contribution in [0.1, 0.15) is 24.8 Å². The van der Waals surface area contributed by atoms with E-state index in [1.54, 1.807) is 12.3 Å². The van der Waals surface area contributed by atoms with Crippen LogP contribution in [0, 0.1) is 5.92 Å². The Labute approximate surface area is 83.7 Å². The fourth-order valence-electron chi connectivity index (χ4n) is 1.40. The fourth-order valence-corrected chi connectivity index (χ4v) is 1.40. The molecule has 1 saturated carbocycles. The molecule has 0 bridgehead atoms. The van der Waals surface area contributed by atoms with E-state index in [4.69, 9.17) is 9.84 Å². The summed E-state index contributed by atoms with van der Waals surface area (Å²) in [5.41, 5.74) is 0.767. The van der Waals surface area contributed by atoms with Gasteiger partial charge in [-0.05, 0) is 24.5 Å². The van der Waals surface area contributed by atoms with Gasteiger partial charge in [0.05, 0.1) is 13.2 Å². The third-order valence-electron chi connectivity index (χ3n) is 2.48. The summed E-state index contributed by atoms with van der Waals surface area (Å²) in [6.07, 6.45) is 5.49. The lowest BCUT2D eigenvalue weighted by atomic mass is 10.3. The molecule has 0 spiro atoms. The van der Waals surface area contributed by atoms with E-state index in [-0.39, 0.29) is 6.61 Å². The number of aliphatic hydroxyl groups excluding tert-OH is 1. The Morgan fingerprint density at radius 1 is 1.50 bits per heavy atom. The van der Waals surface area contributed by atoms with Crippen LogP contribution in [0.5, 0.6) is 5.88 Å². The molecule has 1 aliphatic rings. The third kappa shape index (κ3) is 2.45. The predicted octanol–water partition coefficient (Wildman–Crippen LogP) is 1.75. The van der Waals surface area contributed by atoms with Crippen LogP contribution in [0.3, 0.4) is 0 Å². The molecule has 0 amide bonds. The Morgan fingerprint density at radius 2 is 2.36 bits per heavy atom. The van der Waals surface area contributed by atoms with Crippen molar-refractivity contribution in [2.45, 2.75) is 25.9 Å². The summed E-state index contributed by atoms with van der Waals surface area (Å²) in [7, 11) is 0. The maximum Gasteiger partial charge on any atom is 0.218 e. The molecule has 2 rings (SSSR count). The van der Waals surface area contributed by atoms with Crippen LogP contribution in [0.15, 0.2) is 18.3 Å². The van der Waals surface area contributed by atoms with Crippen molar-refractivity contribution in [3.8, 4) is 5.88 Å². The first-order chi connectivity index (χ1) is 6.90. The molecule has 0 atom stereocenters. The SMILES string of the molecule is OCc1cccnc1OCCC1CC1. The lowest BCUT2D eigenvalue weighted by molar-refractivity contribution is 0.253. The summed E-state index contributed by atoms with van der Waals surface area (Å²) in [5.74, 6) is 1.45. The largest absolute Gasteiger partial charge is 0.477 e. The van der Waals surface area contributed by atoms with Crippen molar-refractivity contribution >= 4 is 0 Å². The molecule has 3 nitrogen and oxygen atoms in total. The van der Waals surface area contributed by atoms with E-state index in [1.165, 1.54) is 12.8 Å². The minimum Gasteiger partial charge on any atom is -0.477 e. The van der Waals surface area contributed by atoms with Gasteiger partial charge in [-0.1, -0.05) is 12.8 Å². The van der Waals surface area contributed by atoms with E-state index in [2.05, 4.69) is 4.98 Å². The quantitative estimate of drug-likeness (QED) is 0.774. The molecule has 1 aliphatic carbocycles. The molecule has 1 aromatic rings. The van der Waals surface area contributed by atoms with Gasteiger partial charge in [0, 0.05) is 11.8 Å². The summed E-state index contributed by atoms with van der Waals surface area (Å²) in [4.78, 5) is 4.08. The summed E-state index contributed by atoms with van der Waals surface area (Å²) in [6, 6.07) is 3.64. The first kappa shape index (κ1) is 9.46. The number of aromatic nitrogens is 1. The monoisotopic (exact) mass is 193 g/mol. The minimum absolute atomic E-state index is 0.00734. The highest BCUT2D eigenvalue weighted by Crippen LogP contribution is 2.32. The molecule has 1 N–H and O–H groups in total. The molecule has 1 heterocycles. The summed E-state index contributed by atoms with van der Waals surface area (Å²) in [5, 5.41) is 9.02. The molecule has 14 heavy (non-hydrogen) atoms. The predicted molar refractivity (Wildman–Crippen MR) is 53.0 cm³/mol. The van der Waals surface area contributed by atoms with Crippen molar-refractivity contribution in [2.75, 3.05) is 6.61 Å². The lowest BCUT2D eigenvalue weighted by Crippen LogP contribution is -2.02. The number of hydrogen-bond acceptors (Lipinski definition) is 3. The summed E-state index contributed by atoms with van der Waals surface area (Å²) < 4.78 is 5.51. The van der Waals surface area contributed by atoms with Crippen molar-refractivity contribution in [3.63, 3.8) is 0 Å². The van der Waals surface area contributed by atoms with Gasteiger partial charge in [-0.25, -0.2) is 4.98 Å². The van der Waals surface area contributed by atoms with Gasteiger partial charge in [0.2, 0.25) is 5.88 Å². The third-order valence-corrected chi connectivity index (χ3v) is 2.48. The number of ether oxygens (including phenoxy) is 1. The Morgan fingerprint density at radius 3 is 3.07 bits per heavy atom. The van der Waals surface area contributed by atoms with Crippen LogP contribution < -0.4 is 4.74 Å². The molecule has 0 saturated heterocycles. The number of rotatable bonds is 5. The van der Waals surface area contributed by atoms with Crippen LogP contribution in [0.2, 0.25) is 0 Å². The molecular formula is C11H15NO2. The average Bonchev–Trinajstić information content (AvgIpc) is 3.03. The lowest BCUT2D eigenvalue weighted by Gasteiger charge is -2.07. The second kappa shape index (κ2) is 4.42. The van der Waals surface area contributed by atoms with Crippen LogP contribution in [0.4, 0.5) is 0 Å². The van der Waals surface area contributed by atoms with Gasteiger partial charge in [0.15, 0.2) is 0 Å². The Balaban J connectivity index is 1.86. The van der Waals surface area contributed by atoms with Crippen molar-refractivity contribution in [1.29, 1.82) is 0 Å². The van der Waals surface area contributed by atoms with E-state index in [0.717, 1.165) is 17.9 Å². The van der Waals surface area contributed by atoms with Crippen molar-refractivity contribution in [3.05, 3.63) is 23.9 Å². The van der Waals surface area contributed by atoms with E-state index >= 15 is 0 Å².